The van der Waals surface area contributed by atoms with Crippen molar-refractivity contribution in [2.75, 3.05) is 6.61 Å². The number of rotatable bonds is 4. The average molecular weight is 260 g/mol. The van der Waals surface area contributed by atoms with Crippen LogP contribution in [0.1, 0.15) is 22.0 Å². The molecular weight excluding hydrogens is 247 g/mol. The number of hydrogen-bond donors (Lipinski definition) is 2. The third kappa shape index (κ3) is 3.35. The minimum absolute atomic E-state index is 0.218. The molecule has 1 aromatic carbocycles. The van der Waals surface area contributed by atoms with Crippen molar-refractivity contribution in [1.82, 2.24) is 10.3 Å². The van der Waals surface area contributed by atoms with Crippen LogP contribution in [0, 0.1) is 5.95 Å². The van der Waals surface area contributed by atoms with Crippen molar-refractivity contribution < 1.29 is 14.3 Å². The molecule has 98 valence electrons. The predicted octanol–water partition coefficient (Wildman–Crippen LogP) is 1.68. The Labute approximate surface area is 109 Å². The third-order valence-corrected chi connectivity index (χ3v) is 2.68. The summed E-state index contributed by atoms with van der Waals surface area (Å²) in [5.74, 6) is -1.05. The van der Waals surface area contributed by atoms with Gasteiger partial charge in [-0.15, -0.1) is 0 Å². The highest BCUT2D eigenvalue weighted by molar-refractivity contribution is 5.94. The van der Waals surface area contributed by atoms with Crippen LogP contribution in [0.2, 0.25) is 0 Å². The lowest BCUT2D eigenvalue weighted by Gasteiger charge is -2.16. The zero-order valence-corrected chi connectivity index (χ0v) is 10.1. The first-order valence-electron chi connectivity index (χ1n) is 5.79. The van der Waals surface area contributed by atoms with E-state index < -0.39 is 17.9 Å². The van der Waals surface area contributed by atoms with E-state index in [-0.39, 0.29) is 12.2 Å². The fraction of sp³-hybridized carbons (Fsp3) is 0.143. The highest BCUT2D eigenvalue weighted by Gasteiger charge is 2.14. The van der Waals surface area contributed by atoms with Gasteiger partial charge in [-0.1, -0.05) is 30.3 Å². The van der Waals surface area contributed by atoms with Crippen molar-refractivity contribution in [2.45, 2.75) is 6.04 Å². The van der Waals surface area contributed by atoms with Gasteiger partial charge in [0, 0.05) is 6.20 Å². The minimum Gasteiger partial charge on any atom is -0.394 e. The van der Waals surface area contributed by atoms with Gasteiger partial charge in [-0.25, -0.2) is 4.98 Å². The second kappa shape index (κ2) is 6.06. The SMILES string of the molecule is O=C(N[C@@H](CO)c1ccccc1)c1ccc(F)nc1. The zero-order valence-electron chi connectivity index (χ0n) is 10.1. The molecule has 0 unspecified atom stereocenters. The molecule has 0 fully saturated rings. The molecule has 0 aliphatic heterocycles. The minimum atomic E-state index is -0.640. The topological polar surface area (TPSA) is 62.2 Å². The van der Waals surface area contributed by atoms with Crippen LogP contribution in [-0.4, -0.2) is 22.6 Å². The van der Waals surface area contributed by atoms with E-state index in [1.54, 1.807) is 0 Å². The summed E-state index contributed by atoms with van der Waals surface area (Å²) in [7, 11) is 0. The first-order chi connectivity index (χ1) is 9.20. The Balaban J connectivity index is 2.10. The standard InChI is InChI=1S/C14H13FN2O2/c15-13-7-6-11(8-16-13)14(19)17-12(9-18)10-4-2-1-3-5-10/h1-8,12,18H,9H2,(H,17,19)/t12-/m0/s1. The lowest BCUT2D eigenvalue weighted by Crippen LogP contribution is -2.30. The molecule has 2 aromatic rings. The van der Waals surface area contributed by atoms with E-state index in [0.29, 0.717) is 0 Å². The molecule has 0 saturated carbocycles. The Morgan fingerprint density at radius 2 is 2.00 bits per heavy atom. The van der Waals surface area contributed by atoms with E-state index in [4.69, 9.17) is 0 Å². The normalized spacial score (nSPS) is 11.9. The van der Waals surface area contributed by atoms with Crippen LogP contribution in [0.4, 0.5) is 4.39 Å². The molecule has 19 heavy (non-hydrogen) atoms. The number of amides is 1. The quantitative estimate of drug-likeness (QED) is 0.822. The van der Waals surface area contributed by atoms with Crippen LogP contribution in [0.3, 0.4) is 0 Å². The van der Waals surface area contributed by atoms with E-state index in [2.05, 4.69) is 10.3 Å². The van der Waals surface area contributed by atoms with Crippen molar-refractivity contribution in [3.8, 4) is 0 Å². The number of nitrogens with zero attached hydrogens (tertiary/aromatic N) is 1. The lowest BCUT2D eigenvalue weighted by atomic mass is 10.1. The number of carbonyl (C=O) groups is 1. The Hall–Kier alpha value is -2.27. The highest BCUT2D eigenvalue weighted by Crippen LogP contribution is 2.12. The summed E-state index contributed by atoms with van der Waals surface area (Å²) >= 11 is 0. The molecule has 1 aromatic heterocycles. The molecule has 4 nitrogen and oxygen atoms in total. The van der Waals surface area contributed by atoms with Crippen molar-refractivity contribution in [3.63, 3.8) is 0 Å². The lowest BCUT2D eigenvalue weighted by molar-refractivity contribution is 0.0915. The van der Waals surface area contributed by atoms with Gasteiger partial charge in [0.15, 0.2) is 0 Å². The van der Waals surface area contributed by atoms with Crippen molar-refractivity contribution in [1.29, 1.82) is 0 Å². The number of aliphatic hydroxyl groups excluding tert-OH is 1. The van der Waals surface area contributed by atoms with Crippen molar-refractivity contribution in [2.24, 2.45) is 0 Å². The number of carbonyl (C=O) groups excluding carboxylic acids is 1. The molecule has 0 aliphatic rings. The van der Waals surface area contributed by atoms with Crippen LogP contribution in [-0.2, 0) is 0 Å². The maximum Gasteiger partial charge on any atom is 0.253 e. The molecule has 0 radical (unpaired) electrons. The summed E-state index contributed by atoms with van der Waals surface area (Å²) in [5, 5.41) is 12.0. The predicted molar refractivity (Wildman–Crippen MR) is 67.9 cm³/mol. The van der Waals surface area contributed by atoms with Gasteiger partial charge in [0.2, 0.25) is 5.95 Å². The van der Waals surface area contributed by atoms with Gasteiger partial charge >= 0.3 is 0 Å². The maximum atomic E-state index is 12.7. The van der Waals surface area contributed by atoms with Gasteiger partial charge in [0.1, 0.15) is 0 Å². The summed E-state index contributed by atoms with van der Waals surface area (Å²) in [6.07, 6.45) is 1.16. The molecule has 0 aliphatic carbocycles. The number of pyridine rings is 1. The van der Waals surface area contributed by atoms with Gasteiger partial charge in [-0.3, -0.25) is 4.79 Å². The number of halogens is 1. The maximum absolute atomic E-state index is 12.7. The number of aliphatic hydroxyl groups is 1. The van der Waals surface area contributed by atoms with Gasteiger partial charge in [-0.05, 0) is 17.7 Å². The Kier molecular flexibility index (Phi) is 4.20. The highest BCUT2D eigenvalue weighted by atomic mass is 19.1. The molecule has 2 N–H and O–H groups in total. The summed E-state index contributed by atoms with van der Waals surface area (Å²) in [6, 6.07) is 11.1. The van der Waals surface area contributed by atoms with Gasteiger partial charge in [-0.2, -0.15) is 4.39 Å². The van der Waals surface area contributed by atoms with Crippen molar-refractivity contribution >= 4 is 5.91 Å². The number of nitrogens with one attached hydrogen (secondary N) is 1. The number of benzene rings is 1. The first kappa shape index (κ1) is 13.2. The van der Waals surface area contributed by atoms with Gasteiger partial charge in [0.25, 0.3) is 5.91 Å². The molecule has 1 amide bonds. The average Bonchev–Trinajstić information content (AvgIpc) is 2.46. The van der Waals surface area contributed by atoms with Crippen molar-refractivity contribution in [3.05, 3.63) is 65.7 Å². The fourth-order valence-electron chi connectivity index (χ4n) is 1.67. The van der Waals surface area contributed by atoms with E-state index in [1.165, 1.54) is 6.07 Å². The smallest absolute Gasteiger partial charge is 0.253 e. The molecule has 2 rings (SSSR count). The van der Waals surface area contributed by atoms with Crippen LogP contribution >= 0.6 is 0 Å². The first-order valence-corrected chi connectivity index (χ1v) is 5.79. The van der Waals surface area contributed by atoms with Crippen LogP contribution in [0.15, 0.2) is 48.7 Å². The van der Waals surface area contributed by atoms with Crippen LogP contribution in [0.25, 0.3) is 0 Å². The molecular formula is C14H13FN2O2. The van der Waals surface area contributed by atoms with Crippen LogP contribution in [0.5, 0.6) is 0 Å². The molecule has 5 heteroatoms. The summed E-state index contributed by atoms with van der Waals surface area (Å²) in [5.41, 5.74) is 1.05. The third-order valence-electron chi connectivity index (χ3n) is 2.68. The molecule has 0 bridgehead atoms. The Bertz CT molecular complexity index is 543. The number of aromatic nitrogens is 1. The van der Waals surface area contributed by atoms with E-state index in [9.17, 15) is 14.3 Å². The van der Waals surface area contributed by atoms with E-state index >= 15 is 0 Å². The molecule has 1 atom stereocenters. The second-order valence-electron chi connectivity index (χ2n) is 3.99. The number of hydrogen-bond acceptors (Lipinski definition) is 3. The summed E-state index contributed by atoms with van der Waals surface area (Å²) in [4.78, 5) is 15.3. The summed E-state index contributed by atoms with van der Waals surface area (Å²) in [6.45, 7) is -0.218. The second-order valence-corrected chi connectivity index (χ2v) is 3.99. The van der Waals surface area contributed by atoms with Crippen LogP contribution < -0.4 is 5.32 Å². The largest absolute Gasteiger partial charge is 0.394 e. The van der Waals surface area contributed by atoms with E-state index in [0.717, 1.165) is 17.8 Å². The monoisotopic (exact) mass is 260 g/mol. The fourth-order valence-corrected chi connectivity index (χ4v) is 1.67. The Morgan fingerprint density at radius 3 is 2.58 bits per heavy atom. The zero-order chi connectivity index (χ0) is 13.7. The summed E-state index contributed by atoms with van der Waals surface area (Å²) < 4.78 is 12.7. The Morgan fingerprint density at radius 1 is 1.26 bits per heavy atom. The van der Waals surface area contributed by atoms with Gasteiger partial charge in [0.05, 0.1) is 18.2 Å². The van der Waals surface area contributed by atoms with Gasteiger partial charge < -0.3 is 10.4 Å². The molecule has 0 spiro atoms. The molecule has 0 saturated heterocycles. The van der Waals surface area contributed by atoms with E-state index in [1.807, 2.05) is 30.3 Å². The molecule has 1 heterocycles.